The van der Waals surface area contributed by atoms with Crippen molar-refractivity contribution >= 4 is 39.0 Å². The largest absolute Gasteiger partial charge is 0.493 e. The molecule has 1 fully saturated rings. The number of methoxy groups -OCH3 is 2. The third-order valence-electron chi connectivity index (χ3n) is 6.64. The van der Waals surface area contributed by atoms with Crippen LogP contribution in [0.2, 0.25) is 0 Å². The lowest BCUT2D eigenvalue weighted by molar-refractivity contribution is -0.759. The van der Waals surface area contributed by atoms with Crippen molar-refractivity contribution in [2.45, 2.75) is 0 Å². The van der Waals surface area contributed by atoms with Gasteiger partial charge in [-0.15, -0.1) is 16.3 Å². The van der Waals surface area contributed by atoms with Crippen LogP contribution in [0.4, 0.5) is 11.6 Å². The molecule has 0 bridgehead atoms. The molecule has 1 amide bonds. The number of ether oxygens (including phenoxy) is 3. The van der Waals surface area contributed by atoms with Crippen LogP contribution in [-0.4, -0.2) is 56.7 Å². The minimum atomic E-state index is -0.412. The molecule has 40 heavy (non-hydrogen) atoms. The highest BCUT2D eigenvalue weighted by Crippen LogP contribution is 2.43. The van der Waals surface area contributed by atoms with E-state index in [4.69, 9.17) is 29.5 Å². The van der Waals surface area contributed by atoms with E-state index in [0.29, 0.717) is 58.6 Å². The minimum absolute atomic E-state index is 0.200. The van der Waals surface area contributed by atoms with Crippen LogP contribution in [0.1, 0.15) is 9.67 Å². The van der Waals surface area contributed by atoms with Gasteiger partial charge < -0.3 is 19.9 Å². The number of nitrogen functional groups attached to an aromatic ring is 1. The summed E-state index contributed by atoms with van der Waals surface area (Å²) >= 11 is 1.22. The number of nitrogens with zero attached hydrogens (tertiary/aromatic N) is 4. The Morgan fingerprint density at radius 3 is 2.58 bits per heavy atom. The number of amides is 1. The first-order chi connectivity index (χ1) is 19.6. The number of benzene rings is 2. The van der Waals surface area contributed by atoms with Gasteiger partial charge in [0.05, 0.1) is 56.7 Å². The number of fused-ring (bicyclic) bond motifs is 1. The Kier molecular flexibility index (Phi) is 6.93. The Morgan fingerprint density at radius 1 is 1.05 bits per heavy atom. The van der Waals surface area contributed by atoms with E-state index in [-0.39, 0.29) is 5.88 Å². The van der Waals surface area contributed by atoms with Gasteiger partial charge in [0.15, 0.2) is 11.5 Å². The van der Waals surface area contributed by atoms with Gasteiger partial charge in [0.1, 0.15) is 9.71 Å². The molecule has 1 aliphatic heterocycles. The molecule has 3 aromatic heterocycles. The van der Waals surface area contributed by atoms with Gasteiger partial charge in [0.2, 0.25) is 5.27 Å². The lowest BCUT2D eigenvalue weighted by atomic mass is 9.99. The molecule has 3 N–H and O–H groups in total. The number of carbonyl (C=O) groups is 1. The minimum Gasteiger partial charge on any atom is -0.493 e. The van der Waals surface area contributed by atoms with Crippen LogP contribution in [0.3, 0.4) is 0 Å². The summed E-state index contributed by atoms with van der Waals surface area (Å²) in [6.45, 7) is 2.53. The molecular weight excluding hydrogens is 532 g/mol. The fraction of sp³-hybridized carbons (Fsp3) is 0.214. The second kappa shape index (κ2) is 10.8. The molecule has 6 rings (SSSR count). The Labute approximate surface area is 233 Å². The van der Waals surface area contributed by atoms with Crippen molar-refractivity contribution in [3.8, 4) is 33.9 Å². The highest BCUT2D eigenvalue weighted by Gasteiger charge is 2.26. The van der Waals surface area contributed by atoms with Gasteiger partial charge in [-0.25, -0.2) is 4.98 Å². The first-order valence-corrected chi connectivity index (χ1v) is 13.4. The molecule has 0 spiro atoms. The Morgan fingerprint density at radius 2 is 1.82 bits per heavy atom. The van der Waals surface area contributed by atoms with E-state index in [1.807, 2.05) is 59.6 Å². The molecule has 0 unspecified atom stereocenters. The van der Waals surface area contributed by atoms with E-state index in [0.717, 1.165) is 22.4 Å². The zero-order chi connectivity index (χ0) is 27.6. The van der Waals surface area contributed by atoms with Crippen LogP contribution in [0, 0.1) is 0 Å². The van der Waals surface area contributed by atoms with Crippen molar-refractivity contribution < 1.29 is 28.3 Å². The molecule has 12 heteroatoms. The molecule has 0 radical (unpaired) electrons. The van der Waals surface area contributed by atoms with Gasteiger partial charge >= 0.3 is 5.88 Å². The Balaban J connectivity index is 1.41. The van der Waals surface area contributed by atoms with E-state index >= 15 is 0 Å². The van der Waals surface area contributed by atoms with Gasteiger partial charge in [0, 0.05) is 10.9 Å². The first-order valence-electron chi connectivity index (χ1n) is 12.6. The summed E-state index contributed by atoms with van der Waals surface area (Å²) in [7, 11) is 3.18. The van der Waals surface area contributed by atoms with E-state index < -0.39 is 5.91 Å². The number of morpholine rings is 1. The number of thiophene rings is 1. The smallest absolute Gasteiger partial charge is 0.306 e. The van der Waals surface area contributed by atoms with Crippen LogP contribution in [0.5, 0.6) is 11.5 Å². The van der Waals surface area contributed by atoms with Crippen molar-refractivity contribution in [2.75, 3.05) is 56.6 Å². The lowest BCUT2D eigenvalue weighted by Crippen LogP contribution is -2.62. The molecular formula is C28H27N6O5S+. The summed E-state index contributed by atoms with van der Waals surface area (Å²) in [5, 5.41) is 9.44. The number of hydrogen-bond acceptors (Lipinski definition) is 10. The summed E-state index contributed by atoms with van der Waals surface area (Å²) in [5.74, 6) is 0.980. The number of nitrogens with one attached hydrogen (secondary N) is 1. The normalized spacial score (nSPS) is 13.4. The highest BCUT2D eigenvalue weighted by atomic mass is 32.1. The van der Waals surface area contributed by atoms with Crippen molar-refractivity contribution in [1.82, 2.24) is 10.3 Å². The number of nitrogens with two attached hydrogens (primary N) is 1. The van der Waals surface area contributed by atoms with Crippen molar-refractivity contribution in [3.63, 3.8) is 0 Å². The number of anilines is 2. The third-order valence-corrected chi connectivity index (χ3v) is 7.74. The summed E-state index contributed by atoms with van der Waals surface area (Å²) in [4.78, 5) is 20.8. The van der Waals surface area contributed by atoms with Crippen LogP contribution < -0.4 is 30.3 Å². The Bertz CT molecular complexity index is 1680. The molecule has 2 aromatic carbocycles. The second-order valence-corrected chi connectivity index (χ2v) is 10.0. The number of carbonyl (C=O) groups excluding carboxylic acids is 1. The molecule has 0 saturated carbocycles. The number of pyridine rings is 1. The fourth-order valence-corrected chi connectivity index (χ4v) is 5.65. The number of hydrogen-bond donors (Lipinski definition) is 2. The Hall–Kier alpha value is -4.68. The van der Waals surface area contributed by atoms with Gasteiger partial charge in [-0.1, -0.05) is 36.4 Å². The van der Waals surface area contributed by atoms with Crippen molar-refractivity contribution in [1.29, 1.82) is 0 Å². The molecule has 5 aromatic rings. The maximum absolute atomic E-state index is 13.4. The lowest BCUT2D eigenvalue weighted by Gasteiger charge is -2.18. The van der Waals surface area contributed by atoms with Crippen molar-refractivity contribution in [2.24, 2.45) is 0 Å². The summed E-state index contributed by atoms with van der Waals surface area (Å²) < 4.78 is 21.7. The van der Waals surface area contributed by atoms with Gasteiger partial charge in [-0.3, -0.25) is 14.6 Å². The quantitative estimate of drug-likeness (QED) is 0.287. The number of rotatable bonds is 7. The van der Waals surface area contributed by atoms with E-state index in [2.05, 4.69) is 10.6 Å². The average molecular weight is 560 g/mol. The molecule has 1 aliphatic rings. The molecule has 4 heterocycles. The zero-order valence-corrected chi connectivity index (χ0v) is 22.7. The third kappa shape index (κ3) is 4.78. The molecule has 1 saturated heterocycles. The molecule has 11 nitrogen and oxygen atoms in total. The SMILES string of the molecule is COc1ccc(-c2cc(-c3ccccc3)nc3sc(C(=O)Nc4c[n+](N5CCOCC5)no4)c(N)c23)cc1OC. The summed E-state index contributed by atoms with van der Waals surface area (Å²) in [6.07, 6.45) is 1.62. The first kappa shape index (κ1) is 25.6. The summed E-state index contributed by atoms with van der Waals surface area (Å²) in [6, 6.07) is 17.5. The van der Waals surface area contributed by atoms with Crippen LogP contribution >= 0.6 is 11.3 Å². The van der Waals surface area contributed by atoms with E-state index in [1.54, 1.807) is 25.2 Å². The van der Waals surface area contributed by atoms with Gasteiger partial charge in [-0.2, -0.15) is 0 Å². The predicted octanol–water partition coefficient (Wildman–Crippen LogP) is 3.73. The van der Waals surface area contributed by atoms with Gasteiger partial charge in [0.25, 0.3) is 12.1 Å². The number of aromatic nitrogens is 3. The maximum Gasteiger partial charge on any atom is 0.306 e. The highest BCUT2D eigenvalue weighted by molar-refractivity contribution is 7.21. The predicted molar refractivity (Wildman–Crippen MR) is 151 cm³/mol. The maximum atomic E-state index is 13.4. The zero-order valence-electron chi connectivity index (χ0n) is 21.9. The monoisotopic (exact) mass is 559 g/mol. The van der Waals surface area contributed by atoms with E-state index in [1.165, 1.54) is 11.3 Å². The van der Waals surface area contributed by atoms with Crippen LogP contribution in [0.25, 0.3) is 32.6 Å². The fourth-order valence-electron chi connectivity index (χ4n) is 4.63. The average Bonchev–Trinajstić information content (AvgIpc) is 3.61. The van der Waals surface area contributed by atoms with E-state index in [9.17, 15) is 4.79 Å². The molecule has 204 valence electrons. The standard InChI is InChI=1S/C28H26N6O5S/c1-36-21-9-8-18(14-22(21)37-2)19-15-20(17-6-4-3-5-7-17)30-28-24(19)25(29)26(40-28)27(35)31-23-16-34(32-39-23)33-10-12-38-13-11-33/h3-9,14-16H,10-13H2,1-2H3,(H2-,29,31,32,35)/p+1. The van der Waals surface area contributed by atoms with Gasteiger partial charge in [-0.05, 0) is 29.3 Å². The second-order valence-electron chi connectivity index (χ2n) is 9.02. The van der Waals surface area contributed by atoms with Crippen LogP contribution in [0.15, 0.2) is 65.3 Å². The topological polar surface area (TPSA) is 129 Å². The van der Waals surface area contributed by atoms with Crippen molar-refractivity contribution in [3.05, 3.63) is 65.7 Å². The van der Waals surface area contributed by atoms with Crippen LogP contribution in [-0.2, 0) is 4.74 Å². The molecule has 0 atom stereocenters. The molecule has 0 aliphatic carbocycles. The summed E-state index contributed by atoms with van der Waals surface area (Å²) in [5.41, 5.74) is 10.3.